The molecule has 0 fully saturated rings. The Hall–Kier alpha value is -0.0800. The summed E-state index contributed by atoms with van der Waals surface area (Å²) in [6.45, 7) is 6.41. The number of aliphatic hydroxyl groups excluding tert-OH is 2. The Labute approximate surface area is 107 Å². The fourth-order valence-electron chi connectivity index (χ4n) is 2.10. The summed E-state index contributed by atoms with van der Waals surface area (Å²) in [5.74, 6) is 0.980. The smallest absolute Gasteiger partial charge is 0.0628 e. The molecule has 0 bridgehead atoms. The molecule has 0 aromatic carbocycles. The van der Waals surface area contributed by atoms with Crippen molar-refractivity contribution in [2.24, 2.45) is 0 Å². The van der Waals surface area contributed by atoms with Crippen LogP contribution in [-0.4, -0.2) is 22.4 Å². The minimum Gasteiger partial charge on any atom is -0.392 e. The van der Waals surface area contributed by atoms with Gasteiger partial charge in [-0.1, -0.05) is 59.3 Å². The van der Waals surface area contributed by atoms with Crippen LogP contribution in [0.3, 0.4) is 0 Å². The summed E-state index contributed by atoms with van der Waals surface area (Å²) in [7, 11) is 0. The standard InChI is InChI=1S/C15H31O2/c1-4-7-10-13(14(16)11-8-5-2)15(17)12-9-6-3/h14-17H,4-12H2,1-3H3. The zero-order valence-electron chi connectivity index (χ0n) is 11.9. The van der Waals surface area contributed by atoms with E-state index >= 15 is 0 Å². The first kappa shape index (κ1) is 16.9. The Kier molecular flexibility index (Phi) is 11.0. The molecule has 0 aliphatic rings. The van der Waals surface area contributed by atoms with Crippen molar-refractivity contribution >= 4 is 0 Å². The molecule has 103 valence electrons. The molecule has 0 aromatic heterocycles. The van der Waals surface area contributed by atoms with Crippen molar-refractivity contribution < 1.29 is 10.2 Å². The number of hydrogen-bond donors (Lipinski definition) is 2. The molecule has 0 saturated heterocycles. The van der Waals surface area contributed by atoms with Crippen LogP contribution < -0.4 is 0 Å². The van der Waals surface area contributed by atoms with Gasteiger partial charge in [0.2, 0.25) is 0 Å². The van der Waals surface area contributed by atoms with Gasteiger partial charge in [0, 0.05) is 5.92 Å². The Balaban J connectivity index is 4.17. The number of unbranched alkanes of at least 4 members (excludes halogenated alkanes) is 3. The lowest BCUT2D eigenvalue weighted by Gasteiger charge is -2.27. The van der Waals surface area contributed by atoms with Gasteiger partial charge < -0.3 is 10.2 Å². The second kappa shape index (κ2) is 11.0. The Morgan fingerprint density at radius 3 is 1.53 bits per heavy atom. The van der Waals surface area contributed by atoms with Crippen LogP contribution in [0, 0.1) is 5.92 Å². The molecule has 0 aromatic rings. The van der Waals surface area contributed by atoms with E-state index in [1.807, 2.05) is 0 Å². The maximum absolute atomic E-state index is 10.1. The first-order valence-electron chi connectivity index (χ1n) is 7.39. The molecule has 2 atom stereocenters. The molecule has 2 unspecified atom stereocenters. The van der Waals surface area contributed by atoms with Crippen molar-refractivity contribution in [3.05, 3.63) is 5.92 Å². The molecule has 0 rings (SSSR count). The SMILES string of the molecule is CCCC[C](C(O)CCCC)C(O)CCCC. The predicted octanol–water partition coefficient (Wildman–Crippen LogP) is 3.85. The van der Waals surface area contributed by atoms with Crippen LogP contribution in [0.5, 0.6) is 0 Å². The molecular formula is C15H31O2. The molecule has 0 heterocycles. The summed E-state index contributed by atoms with van der Waals surface area (Å²) in [4.78, 5) is 0. The van der Waals surface area contributed by atoms with Gasteiger partial charge in [-0.3, -0.25) is 0 Å². The molecule has 2 nitrogen and oxygen atoms in total. The van der Waals surface area contributed by atoms with Crippen LogP contribution in [0.2, 0.25) is 0 Å². The lowest BCUT2D eigenvalue weighted by molar-refractivity contribution is 0.0876. The average molecular weight is 243 g/mol. The number of rotatable bonds is 11. The first-order chi connectivity index (χ1) is 8.17. The predicted molar refractivity (Wildman–Crippen MR) is 73.8 cm³/mol. The quantitative estimate of drug-likeness (QED) is 0.578. The minimum atomic E-state index is -0.395. The van der Waals surface area contributed by atoms with E-state index in [1.54, 1.807) is 0 Å². The monoisotopic (exact) mass is 243 g/mol. The van der Waals surface area contributed by atoms with Gasteiger partial charge >= 0.3 is 0 Å². The highest BCUT2D eigenvalue weighted by Crippen LogP contribution is 2.26. The maximum Gasteiger partial charge on any atom is 0.0628 e. The lowest BCUT2D eigenvalue weighted by Crippen LogP contribution is -2.30. The largest absolute Gasteiger partial charge is 0.392 e. The van der Waals surface area contributed by atoms with Crippen LogP contribution in [0.15, 0.2) is 0 Å². The van der Waals surface area contributed by atoms with E-state index < -0.39 is 12.2 Å². The molecule has 0 saturated carbocycles. The van der Waals surface area contributed by atoms with Gasteiger partial charge in [-0.2, -0.15) is 0 Å². The third kappa shape index (κ3) is 7.77. The molecule has 17 heavy (non-hydrogen) atoms. The van der Waals surface area contributed by atoms with Gasteiger partial charge in [-0.05, 0) is 19.3 Å². The van der Waals surface area contributed by atoms with E-state index in [-0.39, 0.29) is 0 Å². The topological polar surface area (TPSA) is 40.5 Å². The Morgan fingerprint density at radius 1 is 0.765 bits per heavy atom. The highest BCUT2D eigenvalue weighted by molar-refractivity contribution is 5.03. The maximum atomic E-state index is 10.1. The third-order valence-electron chi connectivity index (χ3n) is 3.34. The van der Waals surface area contributed by atoms with Crippen molar-refractivity contribution in [2.45, 2.75) is 90.8 Å². The Morgan fingerprint density at radius 2 is 1.18 bits per heavy atom. The fourth-order valence-corrected chi connectivity index (χ4v) is 2.10. The van der Waals surface area contributed by atoms with Gasteiger partial charge in [-0.25, -0.2) is 0 Å². The van der Waals surface area contributed by atoms with Gasteiger partial charge in [0.05, 0.1) is 12.2 Å². The zero-order chi connectivity index (χ0) is 13.1. The van der Waals surface area contributed by atoms with Crippen LogP contribution in [-0.2, 0) is 0 Å². The molecular weight excluding hydrogens is 212 g/mol. The van der Waals surface area contributed by atoms with Gasteiger partial charge in [0.25, 0.3) is 0 Å². The molecule has 1 radical (unpaired) electrons. The van der Waals surface area contributed by atoms with Gasteiger partial charge in [0.1, 0.15) is 0 Å². The minimum absolute atomic E-state index is 0.395. The summed E-state index contributed by atoms with van der Waals surface area (Å²) in [5, 5.41) is 20.3. The molecule has 0 aliphatic carbocycles. The molecule has 2 N–H and O–H groups in total. The summed E-state index contributed by atoms with van der Waals surface area (Å²) in [6.07, 6.45) is 8.17. The van der Waals surface area contributed by atoms with E-state index in [0.29, 0.717) is 0 Å². The summed E-state index contributed by atoms with van der Waals surface area (Å²) >= 11 is 0. The van der Waals surface area contributed by atoms with Crippen LogP contribution >= 0.6 is 0 Å². The van der Waals surface area contributed by atoms with Crippen molar-refractivity contribution in [3.63, 3.8) is 0 Å². The summed E-state index contributed by atoms with van der Waals surface area (Å²) in [5.41, 5.74) is 0. The second-order valence-corrected chi connectivity index (χ2v) is 4.99. The summed E-state index contributed by atoms with van der Waals surface area (Å²) in [6, 6.07) is 0. The average Bonchev–Trinajstić information content (AvgIpc) is 2.34. The van der Waals surface area contributed by atoms with E-state index in [1.165, 1.54) is 0 Å². The van der Waals surface area contributed by atoms with Crippen molar-refractivity contribution in [1.82, 2.24) is 0 Å². The van der Waals surface area contributed by atoms with Gasteiger partial charge in [0.15, 0.2) is 0 Å². The molecule has 0 aliphatic heterocycles. The Bertz CT molecular complexity index is 145. The number of aliphatic hydroxyl groups is 2. The van der Waals surface area contributed by atoms with Crippen LogP contribution in [0.25, 0.3) is 0 Å². The normalized spacial score (nSPS) is 15.2. The van der Waals surface area contributed by atoms with E-state index in [4.69, 9.17) is 0 Å². The lowest BCUT2D eigenvalue weighted by atomic mass is 9.86. The van der Waals surface area contributed by atoms with Crippen LogP contribution in [0.1, 0.15) is 78.6 Å². The summed E-state index contributed by atoms with van der Waals surface area (Å²) < 4.78 is 0. The second-order valence-electron chi connectivity index (χ2n) is 4.99. The van der Waals surface area contributed by atoms with Crippen molar-refractivity contribution in [3.8, 4) is 0 Å². The third-order valence-corrected chi connectivity index (χ3v) is 3.34. The highest BCUT2D eigenvalue weighted by Gasteiger charge is 2.26. The van der Waals surface area contributed by atoms with Crippen LogP contribution in [0.4, 0.5) is 0 Å². The van der Waals surface area contributed by atoms with Crippen molar-refractivity contribution in [2.75, 3.05) is 0 Å². The number of hydrogen-bond acceptors (Lipinski definition) is 2. The van der Waals surface area contributed by atoms with E-state index in [2.05, 4.69) is 20.8 Å². The van der Waals surface area contributed by atoms with E-state index in [0.717, 1.165) is 63.7 Å². The highest BCUT2D eigenvalue weighted by atomic mass is 16.3. The molecule has 0 amide bonds. The molecule has 2 heteroatoms. The van der Waals surface area contributed by atoms with Crippen molar-refractivity contribution in [1.29, 1.82) is 0 Å². The molecule has 0 spiro atoms. The zero-order valence-corrected chi connectivity index (χ0v) is 11.9. The van der Waals surface area contributed by atoms with E-state index in [9.17, 15) is 10.2 Å². The first-order valence-corrected chi connectivity index (χ1v) is 7.39. The van der Waals surface area contributed by atoms with Gasteiger partial charge in [-0.15, -0.1) is 0 Å². The fraction of sp³-hybridized carbons (Fsp3) is 0.933.